The largest absolute Gasteiger partial charge is 0.0829 e. The number of aryl methyl sites for hydroxylation is 2. The molecule has 0 N–H and O–H groups in total. The maximum absolute atomic E-state index is 3.97. The van der Waals surface area contributed by atoms with E-state index in [4.69, 9.17) is 0 Å². The molecule has 2 aromatic rings. The standard InChI is InChI=1S/C20H23Br/c1-20(2,18-10-4-3-5-11-18)19(21)17-13-12-15-8-6-7-9-16(15)14-17/h3-5,10-14,19H,6-9H2,1-2H3. The van der Waals surface area contributed by atoms with Crippen LogP contribution in [0.3, 0.4) is 0 Å². The van der Waals surface area contributed by atoms with Crippen molar-refractivity contribution in [2.75, 3.05) is 0 Å². The third-order valence-corrected chi connectivity index (χ3v) is 6.49. The summed E-state index contributed by atoms with van der Waals surface area (Å²) in [6.45, 7) is 4.64. The van der Waals surface area contributed by atoms with E-state index < -0.39 is 0 Å². The summed E-state index contributed by atoms with van der Waals surface area (Å²) in [5, 5.41) is 0. The highest BCUT2D eigenvalue weighted by Gasteiger charge is 2.30. The molecule has 110 valence electrons. The molecule has 0 saturated heterocycles. The van der Waals surface area contributed by atoms with E-state index in [2.05, 4.69) is 78.3 Å². The Labute approximate surface area is 136 Å². The van der Waals surface area contributed by atoms with Crippen LogP contribution in [0.1, 0.15) is 53.8 Å². The first kappa shape index (κ1) is 14.8. The summed E-state index contributed by atoms with van der Waals surface area (Å²) in [7, 11) is 0. The Morgan fingerprint density at radius 3 is 2.29 bits per heavy atom. The summed E-state index contributed by atoms with van der Waals surface area (Å²) < 4.78 is 0. The van der Waals surface area contributed by atoms with Crippen LogP contribution in [0.5, 0.6) is 0 Å². The third kappa shape index (κ3) is 2.94. The van der Waals surface area contributed by atoms with Gasteiger partial charge in [0.15, 0.2) is 0 Å². The number of halogens is 1. The van der Waals surface area contributed by atoms with Crippen molar-refractivity contribution in [3.63, 3.8) is 0 Å². The summed E-state index contributed by atoms with van der Waals surface area (Å²) in [4.78, 5) is 0.333. The molecule has 0 heterocycles. The molecule has 1 heteroatoms. The van der Waals surface area contributed by atoms with Crippen molar-refractivity contribution in [2.24, 2.45) is 0 Å². The average Bonchev–Trinajstić information content (AvgIpc) is 2.54. The Hall–Kier alpha value is -1.08. The average molecular weight is 343 g/mol. The maximum Gasteiger partial charge on any atom is 0.0486 e. The minimum Gasteiger partial charge on any atom is -0.0829 e. The van der Waals surface area contributed by atoms with Gasteiger partial charge in [0.1, 0.15) is 0 Å². The molecular formula is C20H23Br. The van der Waals surface area contributed by atoms with Crippen LogP contribution in [0, 0.1) is 0 Å². The van der Waals surface area contributed by atoms with Gasteiger partial charge in [-0.25, -0.2) is 0 Å². The van der Waals surface area contributed by atoms with Crippen LogP contribution in [0.25, 0.3) is 0 Å². The van der Waals surface area contributed by atoms with Gasteiger partial charge < -0.3 is 0 Å². The van der Waals surface area contributed by atoms with Gasteiger partial charge >= 0.3 is 0 Å². The molecule has 0 spiro atoms. The lowest BCUT2D eigenvalue weighted by atomic mass is 9.78. The predicted octanol–water partition coefficient (Wildman–Crippen LogP) is 5.98. The molecular weight excluding hydrogens is 320 g/mol. The van der Waals surface area contributed by atoms with Crippen LogP contribution < -0.4 is 0 Å². The number of fused-ring (bicyclic) bond motifs is 1. The van der Waals surface area contributed by atoms with Gasteiger partial charge in [0.25, 0.3) is 0 Å². The van der Waals surface area contributed by atoms with Gasteiger partial charge in [0.2, 0.25) is 0 Å². The Bertz CT molecular complexity index is 613. The Morgan fingerprint density at radius 2 is 1.57 bits per heavy atom. The molecule has 1 aliphatic rings. The quantitative estimate of drug-likeness (QED) is 0.602. The van der Waals surface area contributed by atoms with Crippen LogP contribution in [0.15, 0.2) is 48.5 Å². The summed E-state index contributed by atoms with van der Waals surface area (Å²) in [6.07, 6.45) is 5.18. The lowest BCUT2D eigenvalue weighted by Crippen LogP contribution is -2.23. The molecule has 0 nitrogen and oxygen atoms in total. The van der Waals surface area contributed by atoms with E-state index in [1.807, 2.05) is 0 Å². The Balaban J connectivity index is 1.92. The monoisotopic (exact) mass is 342 g/mol. The van der Waals surface area contributed by atoms with E-state index in [1.54, 1.807) is 11.1 Å². The zero-order valence-electron chi connectivity index (χ0n) is 12.9. The van der Waals surface area contributed by atoms with Crippen LogP contribution in [0.2, 0.25) is 0 Å². The van der Waals surface area contributed by atoms with E-state index >= 15 is 0 Å². The molecule has 0 radical (unpaired) electrons. The SMILES string of the molecule is CC(C)(c1ccccc1)C(Br)c1ccc2c(c1)CCCC2. The topological polar surface area (TPSA) is 0 Å². The Kier molecular flexibility index (Phi) is 4.21. The fourth-order valence-corrected chi connectivity index (χ4v) is 3.89. The molecule has 1 unspecified atom stereocenters. The molecule has 0 saturated carbocycles. The minimum absolute atomic E-state index is 0.0736. The second kappa shape index (κ2) is 5.96. The van der Waals surface area contributed by atoms with Crippen molar-refractivity contribution >= 4 is 15.9 Å². The number of hydrogen-bond acceptors (Lipinski definition) is 0. The first-order chi connectivity index (χ1) is 10.1. The Morgan fingerprint density at radius 1 is 0.905 bits per heavy atom. The van der Waals surface area contributed by atoms with Gasteiger partial charge in [-0.05, 0) is 47.9 Å². The van der Waals surface area contributed by atoms with Gasteiger partial charge in [-0.1, -0.05) is 78.3 Å². The lowest BCUT2D eigenvalue weighted by Gasteiger charge is -2.32. The molecule has 1 aliphatic carbocycles. The lowest BCUT2D eigenvalue weighted by molar-refractivity contribution is 0.517. The molecule has 2 aromatic carbocycles. The zero-order chi connectivity index (χ0) is 14.9. The molecule has 21 heavy (non-hydrogen) atoms. The molecule has 0 aromatic heterocycles. The molecule has 0 aliphatic heterocycles. The number of hydrogen-bond donors (Lipinski definition) is 0. The minimum atomic E-state index is 0.0736. The summed E-state index contributed by atoms with van der Waals surface area (Å²) in [6, 6.07) is 17.9. The smallest absolute Gasteiger partial charge is 0.0486 e. The first-order valence-electron chi connectivity index (χ1n) is 7.90. The van der Waals surface area contributed by atoms with E-state index in [-0.39, 0.29) is 5.41 Å². The maximum atomic E-state index is 3.97. The van der Waals surface area contributed by atoms with E-state index in [0.29, 0.717) is 4.83 Å². The van der Waals surface area contributed by atoms with E-state index in [0.717, 1.165) is 0 Å². The number of alkyl halides is 1. The first-order valence-corrected chi connectivity index (χ1v) is 8.82. The molecule has 0 bridgehead atoms. The second-order valence-electron chi connectivity index (χ2n) is 6.69. The van der Waals surface area contributed by atoms with Gasteiger partial charge in [0.05, 0.1) is 0 Å². The van der Waals surface area contributed by atoms with Crippen molar-refractivity contribution in [1.29, 1.82) is 0 Å². The number of benzene rings is 2. The second-order valence-corrected chi connectivity index (χ2v) is 7.60. The highest BCUT2D eigenvalue weighted by Crippen LogP contribution is 2.43. The molecule has 3 rings (SSSR count). The molecule has 1 atom stereocenters. The van der Waals surface area contributed by atoms with Crippen LogP contribution in [-0.2, 0) is 18.3 Å². The highest BCUT2D eigenvalue weighted by atomic mass is 79.9. The van der Waals surface area contributed by atoms with Crippen LogP contribution in [-0.4, -0.2) is 0 Å². The molecule has 0 amide bonds. The van der Waals surface area contributed by atoms with Gasteiger partial charge in [0, 0.05) is 10.2 Å². The van der Waals surface area contributed by atoms with Gasteiger partial charge in [-0.15, -0.1) is 0 Å². The van der Waals surface area contributed by atoms with Crippen LogP contribution >= 0.6 is 15.9 Å². The van der Waals surface area contributed by atoms with Crippen molar-refractivity contribution in [3.8, 4) is 0 Å². The summed E-state index contributed by atoms with van der Waals surface area (Å²) in [5.41, 5.74) is 5.98. The number of rotatable bonds is 3. The van der Waals surface area contributed by atoms with E-state index in [1.165, 1.54) is 36.8 Å². The molecule has 0 fully saturated rings. The van der Waals surface area contributed by atoms with Crippen LogP contribution in [0.4, 0.5) is 0 Å². The summed E-state index contributed by atoms with van der Waals surface area (Å²) in [5.74, 6) is 0. The van der Waals surface area contributed by atoms with Crippen molar-refractivity contribution in [2.45, 2.75) is 49.8 Å². The fraction of sp³-hybridized carbons (Fsp3) is 0.400. The van der Waals surface area contributed by atoms with E-state index in [9.17, 15) is 0 Å². The van der Waals surface area contributed by atoms with Crippen molar-refractivity contribution < 1.29 is 0 Å². The third-order valence-electron chi connectivity index (χ3n) is 4.82. The van der Waals surface area contributed by atoms with Crippen molar-refractivity contribution in [3.05, 3.63) is 70.8 Å². The van der Waals surface area contributed by atoms with Gasteiger partial charge in [-0.2, -0.15) is 0 Å². The van der Waals surface area contributed by atoms with Gasteiger partial charge in [-0.3, -0.25) is 0 Å². The normalized spacial score (nSPS) is 16.3. The van der Waals surface area contributed by atoms with Crippen molar-refractivity contribution in [1.82, 2.24) is 0 Å². The zero-order valence-corrected chi connectivity index (χ0v) is 14.5. The predicted molar refractivity (Wildman–Crippen MR) is 94.2 cm³/mol. The fourth-order valence-electron chi connectivity index (χ4n) is 3.34. The summed E-state index contributed by atoms with van der Waals surface area (Å²) >= 11 is 3.97. The highest BCUT2D eigenvalue weighted by molar-refractivity contribution is 9.09.